The van der Waals surface area contributed by atoms with Gasteiger partial charge in [-0.25, -0.2) is 17.7 Å². The molecule has 24 heavy (non-hydrogen) atoms. The van der Waals surface area contributed by atoms with Crippen LogP contribution in [0.5, 0.6) is 0 Å². The zero-order chi connectivity index (χ0) is 17.2. The van der Waals surface area contributed by atoms with Crippen LogP contribution in [-0.2, 0) is 14.8 Å². The van der Waals surface area contributed by atoms with Gasteiger partial charge in [-0.1, -0.05) is 0 Å². The summed E-state index contributed by atoms with van der Waals surface area (Å²) in [6, 6.07) is 3.66. The number of hydrogen-bond acceptors (Lipinski definition) is 5. The Labute approximate surface area is 143 Å². The number of nitrogens with zero attached hydrogens (tertiary/aromatic N) is 3. The van der Waals surface area contributed by atoms with Gasteiger partial charge in [0.15, 0.2) is 5.82 Å². The van der Waals surface area contributed by atoms with Crippen LogP contribution in [0.15, 0.2) is 18.3 Å². The first-order valence-corrected chi connectivity index (χ1v) is 10.3. The van der Waals surface area contributed by atoms with Crippen molar-refractivity contribution in [3.8, 4) is 0 Å². The Morgan fingerprint density at radius 2 is 2.00 bits per heavy atom. The second-order valence-corrected chi connectivity index (χ2v) is 8.50. The fraction of sp³-hybridized carbons (Fsp3) is 0.625. The van der Waals surface area contributed by atoms with Gasteiger partial charge in [0.1, 0.15) is 0 Å². The summed E-state index contributed by atoms with van der Waals surface area (Å²) in [5.74, 6) is 0.357. The maximum atomic E-state index is 12.6. The van der Waals surface area contributed by atoms with E-state index in [-0.39, 0.29) is 18.4 Å². The summed E-state index contributed by atoms with van der Waals surface area (Å²) >= 11 is 0. The van der Waals surface area contributed by atoms with Crippen molar-refractivity contribution >= 4 is 27.4 Å². The number of carbonyl (C=O) groups is 1. The van der Waals surface area contributed by atoms with Gasteiger partial charge in [0.05, 0.1) is 17.9 Å². The van der Waals surface area contributed by atoms with E-state index in [4.69, 9.17) is 0 Å². The second-order valence-electron chi connectivity index (χ2n) is 6.52. The highest BCUT2D eigenvalue weighted by Gasteiger charge is 2.30. The van der Waals surface area contributed by atoms with Gasteiger partial charge in [-0.2, -0.15) is 0 Å². The molecule has 3 heterocycles. The van der Waals surface area contributed by atoms with Crippen molar-refractivity contribution in [2.24, 2.45) is 5.92 Å². The fourth-order valence-corrected chi connectivity index (χ4v) is 4.28. The van der Waals surface area contributed by atoms with E-state index in [2.05, 4.69) is 15.2 Å². The van der Waals surface area contributed by atoms with Crippen molar-refractivity contribution < 1.29 is 13.2 Å². The lowest BCUT2D eigenvalue weighted by atomic mass is 9.99. The summed E-state index contributed by atoms with van der Waals surface area (Å²) in [5, 5.41) is 2.96. The standard InChI is InChI=1S/C16H24N4O3S/c1-24(22,23)20-11-5-6-13(12-20)16(21)18-14-7-4-8-17-15(14)19-9-2-3-10-19/h4,7-8,13H,2-3,5-6,9-12H2,1H3,(H,18,21)/t13-/m1/s1. The summed E-state index contributed by atoms with van der Waals surface area (Å²) in [7, 11) is -3.25. The van der Waals surface area contributed by atoms with Crippen LogP contribution in [0.1, 0.15) is 25.7 Å². The maximum absolute atomic E-state index is 12.6. The minimum Gasteiger partial charge on any atom is -0.355 e. The van der Waals surface area contributed by atoms with E-state index >= 15 is 0 Å². The molecule has 2 aliphatic rings. The molecule has 0 spiro atoms. The number of anilines is 2. The van der Waals surface area contributed by atoms with E-state index < -0.39 is 10.0 Å². The molecular formula is C16H24N4O3S. The molecule has 1 atom stereocenters. The highest BCUT2D eigenvalue weighted by Crippen LogP contribution is 2.27. The summed E-state index contributed by atoms with van der Waals surface area (Å²) in [6.45, 7) is 2.65. The zero-order valence-electron chi connectivity index (χ0n) is 13.9. The third-order valence-electron chi connectivity index (χ3n) is 4.67. The fourth-order valence-electron chi connectivity index (χ4n) is 3.37. The van der Waals surface area contributed by atoms with Crippen LogP contribution >= 0.6 is 0 Å². The predicted molar refractivity (Wildman–Crippen MR) is 93.5 cm³/mol. The number of carbonyl (C=O) groups excluding carboxylic acids is 1. The molecule has 0 radical (unpaired) electrons. The maximum Gasteiger partial charge on any atom is 0.228 e. The molecule has 7 nitrogen and oxygen atoms in total. The van der Waals surface area contributed by atoms with Crippen LogP contribution < -0.4 is 10.2 Å². The molecule has 2 aliphatic heterocycles. The van der Waals surface area contributed by atoms with Crippen molar-refractivity contribution in [2.45, 2.75) is 25.7 Å². The molecule has 0 aromatic carbocycles. The predicted octanol–water partition coefficient (Wildman–Crippen LogP) is 1.29. The Morgan fingerprint density at radius 3 is 2.71 bits per heavy atom. The van der Waals surface area contributed by atoms with Gasteiger partial charge >= 0.3 is 0 Å². The van der Waals surface area contributed by atoms with Gasteiger partial charge in [-0.15, -0.1) is 0 Å². The SMILES string of the molecule is CS(=O)(=O)N1CCC[C@@H](C(=O)Nc2cccnc2N2CCCC2)C1. The van der Waals surface area contributed by atoms with Crippen molar-refractivity contribution in [2.75, 3.05) is 42.7 Å². The molecule has 1 aromatic rings. The molecule has 8 heteroatoms. The number of rotatable bonds is 4. The monoisotopic (exact) mass is 352 g/mol. The van der Waals surface area contributed by atoms with E-state index in [0.717, 1.165) is 31.7 Å². The van der Waals surface area contributed by atoms with E-state index in [1.807, 2.05) is 6.07 Å². The third-order valence-corrected chi connectivity index (χ3v) is 5.94. The van der Waals surface area contributed by atoms with Gasteiger partial charge in [0, 0.05) is 32.4 Å². The van der Waals surface area contributed by atoms with E-state index in [1.54, 1.807) is 12.3 Å². The Kier molecular flexibility index (Phi) is 5.05. The molecule has 132 valence electrons. The molecule has 0 aliphatic carbocycles. The first-order valence-electron chi connectivity index (χ1n) is 8.41. The van der Waals surface area contributed by atoms with Crippen LogP contribution in [0.3, 0.4) is 0 Å². The van der Waals surface area contributed by atoms with Gasteiger partial charge in [0.2, 0.25) is 15.9 Å². The molecule has 1 aromatic heterocycles. The molecule has 0 bridgehead atoms. The number of sulfonamides is 1. The van der Waals surface area contributed by atoms with Crippen molar-refractivity contribution in [3.63, 3.8) is 0 Å². The number of hydrogen-bond donors (Lipinski definition) is 1. The highest BCUT2D eigenvalue weighted by atomic mass is 32.2. The lowest BCUT2D eigenvalue weighted by Gasteiger charge is -2.30. The lowest BCUT2D eigenvalue weighted by Crippen LogP contribution is -2.43. The quantitative estimate of drug-likeness (QED) is 0.883. The number of nitrogens with one attached hydrogen (secondary N) is 1. The van der Waals surface area contributed by atoms with Gasteiger partial charge < -0.3 is 10.2 Å². The molecule has 3 rings (SSSR count). The Morgan fingerprint density at radius 1 is 1.25 bits per heavy atom. The second kappa shape index (κ2) is 7.06. The molecule has 0 saturated carbocycles. The average Bonchev–Trinajstić information content (AvgIpc) is 3.09. The van der Waals surface area contributed by atoms with Crippen molar-refractivity contribution in [1.82, 2.24) is 9.29 Å². The number of aromatic nitrogens is 1. The van der Waals surface area contributed by atoms with Crippen LogP contribution in [-0.4, -0.2) is 56.0 Å². The largest absolute Gasteiger partial charge is 0.355 e. The van der Waals surface area contributed by atoms with Crippen molar-refractivity contribution in [1.29, 1.82) is 0 Å². The summed E-state index contributed by atoms with van der Waals surface area (Å²) in [6.07, 6.45) is 6.61. The molecule has 0 unspecified atom stereocenters. The van der Waals surface area contributed by atoms with Crippen LogP contribution in [0, 0.1) is 5.92 Å². The van der Waals surface area contributed by atoms with E-state index in [9.17, 15) is 13.2 Å². The topological polar surface area (TPSA) is 82.6 Å². The Hall–Kier alpha value is -1.67. The summed E-state index contributed by atoms with van der Waals surface area (Å²) < 4.78 is 24.8. The summed E-state index contributed by atoms with van der Waals surface area (Å²) in [5.41, 5.74) is 0.709. The molecule has 1 amide bonds. The zero-order valence-corrected chi connectivity index (χ0v) is 14.8. The van der Waals surface area contributed by atoms with Gasteiger partial charge in [0.25, 0.3) is 0 Å². The van der Waals surface area contributed by atoms with E-state index in [1.165, 1.54) is 10.6 Å². The van der Waals surface area contributed by atoms with Crippen LogP contribution in [0.2, 0.25) is 0 Å². The third kappa shape index (κ3) is 3.87. The normalized spacial score (nSPS) is 22.5. The smallest absolute Gasteiger partial charge is 0.228 e. The van der Waals surface area contributed by atoms with E-state index in [0.29, 0.717) is 25.1 Å². The number of piperidine rings is 1. The molecular weight excluding hydrogens is 328 g/mol. The van der Waals surface area contributed by atoms with Gasteiger partial charge in [-0.05, 0) is 37.8 Å². The minimum atomic E-state index is -3.25. The molecule has 2 saturated heterocycles. The highest BCUT2D eigenvalue weighted by molar-refractivity contribution is 7.88. The number of pyridine rings is 1. The molecule has 1 N–H and O–H groups in total. The summed E-state index contributed by atoms with van der Waals surface area (Å²) in [4.78, 5) is 19.2. The molecule has 2 fully saturated rings. The van der Waals surface area contributed by atoms with Crippen LogP contribution in [0.25, 0.3) is 0 Å². The van der Waals surface area contributed by atoms with Gasteiger partial charge in [-0.3, -0.25) is 4.79 Å². The van der Waals surface area contributed by atoms with Crippen LogP contribution in [0.4, 0.5) is 11.5 Å². The average molecular weight is 352 g/mol. The Balaban J connectivity index is 1.71. The lowest BCUT2D eigenvalue weighted by molar-refractivity contribution is -0.120. The first-order chi connectivity index (χ1) is 11.4. The number of amides is 1. The first kappa shape index (κ1) is 17.2. The Bertz CT molecular complexity index is 701. The minimum absolute atomic E-state index is 0.128. The van der Waals surface area contributed by atoms with Crippen molar-refractivity contribution in [3.05, 3.63) is 18.3 Å².